The first-order valence-electron chi connectivity index (χ1n) is 14.2. The summed E-state index contributed by atoms with van der Waals surface area (Å²) in [7, 11) is 6.22. The predicted octanol–water partition coefficient (Wildman–Crippen LogP) is 5.63. The largest absolute Gasteiger partial charge is 0.497 e. The van der Waals surface area contributed by atoms with Gasteiger partial charge in [-0.25, -0.2) is 4.98 Å². The molecular formula is C34H37N3O6. The number of fused-ring (bicyclic) bond motifs is 2. The van der Waals surface area contributed by atoms with E-state index in [-0.39, 0.29) is 12.5 Å². The van der Waals surface area contributed by atoms with E-state index in [1.165, 1.54) is 0 Å². The van der Waals surface area contributed by atoms with Crippen LogP contribution in [0.2, 0.25) is 0 Å². The molecule has 0 aliphatic heterocycles. The number of rotatable bonds is 12. The number of para-hydroxylation sites is 1. The Labute approximate surface area is 251 Å². The highest BCUT2D eigenvalue weighted by Gasteiger charge is 2.22. The first-order chi connectivity index (χ1) is 20.9. The van der Waals surface area contributed by atoms with Crippen LogP contribution in [0.3, 0.4) is 0 Å². The van der Waals surface area contributed by atoms with E-state index >= 15 is 0 Å². The van der Waals surface area contributed by atoms with Crippen molar-refractivity contribution in [3.05, 3.63) is 78.0 Å². The van der Waals surface area contributed by atoms with Crippen LogP contribution in [0.25, 0.3) is 33.1 Å². The number of hydrogen-bond acceptors (Lipinski definition) is 7. The lowest BCUT2D eigenvalue weighted by molar-refractivity contribution is 0.0918. The van der Waals surface area contributed by atoms with Crippen molar-refractivity contribution in [3.8, 4) is 34.3 Å². The molecule has 43 heavy (non-hydrogen) atoms. The van der Waals surface area contributed by atoms with Crippen LogP contribution in [-0.2, 0) is 13.0 Å². The zero-order valence-electron chi connectivity index (χ0n) is 25.1. The Morgan fingerprint density at radius 2 is 1.67 bits per heavy atom. The second kappa shape index (κ2) is 13.0. The van der Waals surface area contributed by atoms with E-state index in [9.17, 15) is 9.90 Å². The summed E-state index contributed by atoms with van der Waals surface area (Å²) in [5, 5.41) is 15.2. The molecule has 2 heterocycles. The van der Waals surface area contributed by atoms with E-state index in [1.807, 2.05) is 18.2 Å². The summed E-state index contributed by atoms with van der Waals surface area (Å²) in [6.45, 7) is 2.82. The first kappa shape index (κ1) is 29.7. The van der Waals surface area contributed by atoms with Crippen molar-refractivity contribution < 1.29 is 28.8 Å². The number of carbonyl (C=O) groups excluding carboxylic acids is 1. The van der Waals surface area contributed by atoms with Crippen molar-refractivity contribution >= 4 is 27.7 Å². The van der Waals surface area contributed by atoms with E-state index < -0.39 is 6.04 Å². The lowest BCUT2D eigenvalue weighted by Crippen LogP contribution is -2.39. The average Bonchev–Trinajstić information content (AvgIpc) is 3.39. The van der Waals surface area contributed by atoms with Gasteiger partial charge in [0.15, 0.2) is 11.5 Å². The number of amides is 1. The Kier molecular flexibility index (Phi) is 9.01. The smallest absolute Gasteiger partial charge is 0.252 e. The summed E-state index contributed by atoms with van der Waals surface area (Å²) >= 11 is 0. The van der Waals surface area contributed by atoms with E-state index in [4.69, 9.17) is 23.9 Å². The Bertz CT molecular complexity index is 1740. The quantitative estimate of drug-likeness (QED) is 0.196. The molecule has 5 rings (SSSR count). The van der Waals surface area contributed by atoms with E-state index in [1.54, 1.807) is 58.8 Å². The van der Waals surface area contributed by atoms with Crippen LogP contribution in [0.5, 0.6) is 23.0 Å². The van der Waals surface area contributed by atoms with Crippen LogP contribution in [0.15, 0.2) is 66.9 Å². The second-order valence-corrected chi connectivity index (χ2v) is 10.3. The molecule has 2 aromatic heterocycles. The molecule has 0 radical (unpaired) electrons. The molecule has 1 unspecified atom stereocenters. The van der Waals surface area contributed by atoms with Crippen LogP contribution in [-0.4, -0.2) is 61.7 Å². The normalized spacial score (nSPS) is 11.9. The molecule has 0 aliphatic rings. The zero-order chi connectivity index (χ0) is 30.5. The van der Waals surface area contributed by atoms with Crippen LogP contribution in [0.4, 0.5) is 0 Å². The Morgan fingerprint density at radius 3 is 2.33 bits per heavy atom. The van der Waals surface area contributed by atoms with Crippen LogP contribution >= 0.6 is 0 Å². The summed E-state index contributed by atoms with van der Waals surface area (Å²) in [4.78, 5) is 18.8. The number of aliphatic hydroxyl groups is 1. The summed E-state index contributed by atoms with van der Waals surface area (Å²) in [5.41, 5.74) is 4.46. The number of hydrogen-bond donors (Lipinski definition) is 2. The number of aryl methyl sites for hydroxylation is 1. The highest BCUT2D eigenvalue weighted by Crippen LogP contribution is 2.41. The van der Waals surface area contributed by atoms with E-state index in [0.29, 0.717) is 57.1 Å². The molecule has 0 saturated carbocycles. The average molecular weight is 584 g/mol. The van der Waals surface area contributed by atoms with Gasteiger partial charge in [0.05, 0.1) is 57.9 Å². The zero-order valence-corrected chi connectivity index (χ0v) is 25.1. The third kappa shape index (κ3) is 5.94. The van der Waals surface area contributed by atoms with Crippen molar-refractivity contribution in [2.75, 3.05) is 35.0 Å². The fourth-order valence-corrected chi connectivity index (χ4v) is 5.50. The lowest BCUT2D eigenvalue weighted by Gasteiger charge is -2.18. The molecule has 9 nitrogen and oxygen atoms in total. The maximum atomic E-state index is 14.0. The minimum absolute atomic E-state index is 0.217. The molecular weight excluding hydrogens is 546 g/mol. The summed E-state index contributed by atoms with van der Waals surface area (Å²) in [6.07, 6.45) is 3.61. The third-order valence-electron chi connectivity index (χ3n) is 7.58. The van der Waals surface area contributed by atoms with E-state index in [0.717, 1.165) is 29.4 Å². The number of benzene rings is 3. The maximum Gasteiger partial charge on any atom is 0.252 e. The molecule has 5 aromatic rings. The van der Waals surface area contributed by atoms with Gasteiger partial charge in [0, 0.05) is 34.6 Å². The third-order valence-corrected chi connectivity index (χ3v) is 7.58. The number of methoxy groups -OCH3 is 4. The van der Waals surface area contributed by atoms with Crippen molar-refractivity contribution in [3.63, 3.8) is 0 Å². The second-order valence-electron chi connectivity index (χ2n) is 10.3. The van der Waals surface area contributed by atoms with Gasteiger partial charge in [-0.2, -0.15) is 0 Å². The number of aliphatic hydroxyl groups excluding tert-OH is 1. The van der Waals surface area contributed by atoms with Crippen molar-refractivity contribution in [1.29, 1.82) is 0 Å². The number of carbonyl (C=O) groups is 1. The molecule has 0 saturated heterocycles. The maximum absolute atomic E-state index is 14.0. The van der Waals surface area contributed by atoms with Gasteiger partial charge >= 0.3 is 0 Å². The van der Waals surface area contributed by atoms with Crippen LogP contribution < -0.4 is 24.3 Å². The van der Waals surface area contributed by atoms with Crippen molar-refractivity contribution in [2.45, 2.75) is 32.4 Å². The van der Waals surface area contributed by atoms with Gasteiger partial charge in [-0.15, -0.1) is 0 Å². The highest BCUT2D eigenvalue weighted by atomic mass is 16.5. The lowest BCUT2D eigenvalue weighted by atomic mass is 10.0. The van der Waals surface area contributed by atoms with Gasteiger partial charge in [-0.3, -0.25) is 4.79 Å². The molecule has 1 atom stereocenters. The van der Waals surface area contributed by atoms with Gasteiger partial charge in [0.1, 0.15) is 5.75 Å². The number of pyridine rings is 1. The summed E-state index contributed by atoms with van der Waals surface area (Å²) in [6, 6.07) is 18.5. The Hall–Kier alpha value is -4.76. The van der Waals surface area contributed by atoms with Gasteiger partial charge in [0.25, 0.3) is 5.91 Å². The molecule has 0 aliphatic carbocycles. The summed E-state index contributed by atoms with van der Waals surface area (Å²) < 4.78 is 24.3. The SMILES string of the molecule is CCCn1cc(CC(CO)NC(=O)c2cc(-c3cc(OC)c(OC)c(OC)c3)nc3ccc(OC)cc23)c2ccccc21. The highest BCUT2D eigenvalue weighted by molar-refractivity contribution is 6.07. The number of aromatic nitrogens is 2. The van der Waals surface area contributed by atoms with Crippen LogP contribution in [0.1, 0.15) is 29.3 Å². The molecule has 2 N–H and O–H groups in total. The minimum atomic E-state index is -0.508. The molecule has 0 spiro atoms. The summed E-state index contributed by atoms with van der Waals surface area (Å²) in [5.74, 6) is 1.68. The van der Waals surface area contributed by atoms with Gasteiger partial charge in [-0.05, 0) is 60.9 Å². The topological polar surface area (TPSA) is 104 Å². The molecule has 3 aromatic carbocycles. The van der Waals surface area contributed by atoms with Gasteiger partial charge in [0.2, 0.25) is 5.75 Å². The minimum Gasteiger partial charge on any atom is -0.497 e. The number of ether oxygens (including phenoxy) is 4. The van der Waals surface area contributed by atoms with Gasteiger partial charge < -0.3 is 33.9 Å². The molecule has 224 valence electrons. The first-order valence-corrected chi connectivity index (χ1v) is 14.2. The fourth-order valence-electron chi connectivity index (χ4n) is 5.50. The number of nitrogens with one attached hydrogen (secondary N) is 1. The van der Waals surface area contributed by atoms with Gasteiger partial charge in [-0.1, -0.05) is 25.1 Å². The standard InChI is InChI=1S/C34H37N3O6/c1-6-13-37-19-22(25-9-7-8-10-30(25)37)14-23(20-38)35-34(39)27-18-29(36-28-12-11-24(40-2)17-26(27)28)21-15-31(41-3)33(43-5)32(16-21)42-4/h7-12,15-19,23,38H,6,13-14,20H2,1-5H3,(H,35,39). The molecule has 9 heteroatoms. The number of nitrogens with zero attached hydrogens (tertiary/aromatic N) is 2. The Balaban J connectivity index is 1.54. The Morgan fingerprint density at radius 1 is 0.930 bits per heavy atom. The monoisotopic (exact) mass is 583 g/mol. The van der Waals surface area contributed by atoms with Crippen molar-refractivity contribution in [1.82, 2.24) is 14.9 Å². The molecule has 1 amide bonds. The van der Waals surface area contributed by atoms with Crippen molar-refractivity contribution in [2.24, 2.45) is 0 Å². The van der Waals surface area contributed by atoms with E-state index in [2.05, 4.69) is 35.1 Å². The molecule has 0 fully saturated rings. The predicted molar refractivity (Wildman–Crippen MR) is 168 cm³/mol. The fraction of sp³-hybridized carbons (Fsp3) is 0.294. The molecule has 0 bridgehead atoms. The van der Waals surface area contributed by atoms with Crippen LogP contribution in [0, 0.1) is 0 Å².